The van der Waals surface area contributed by atoms with Crippen LogP contribution in [-0.4, -0.2) is 82.2 Å². The Kier molecular flexibility index (Phi) is 6.74. The largest absolute Gasteiger partial charge is 0.504 e. The van der Waals surface area contributed by atoms with E-state index in [9.17, 15) is 35.4 Å². The third-order valence-corrected chi connectivity index (χ3v) is 5.71. The SMILES string of the molecule is COc1c(OC2OC(CO)C(OC)C(O)C2O)cc2oc(-c3ccc(O)c(O)c3)cc(=O)c2c1O. The van der Waals surface area contributed by atoms with Gasteiger partial charge in [-0.25, -0.2) is 0 Å². The van der Waals surface area contributed by atoms with Crippen LogP contribution in [0.4, 0.5) is 0 Å². The van der Waals surface area contributed by atoms with Crippen LogP contribution >= 0.6 is 0 Å². The van der Waals surface area contributed by atoms with Crippen molar-refractivity contribution in [2.45, 2.75) is 30.7 Å². The van der Waals surface area contributed by atoms with E-state index < -0.39 is 54.2 Å². The van der Waals surface area contributed by atoms with Gasteiger partial charge in [0.15, 0.2) is 28.4 Å². The molecule has 1 aliphatic rings. The third-order valence-electron chi connectivity index (χ3n) is 5.71. The third kappa shape index (κ3) is 4.33. The van der Waals surface area contributed by atoms with Crippen molar-refractivity contribution in [1.82, 2.24) is 0 Å². The Morgan fingerprint density at radius 2 is 1.74 bits per heavy atom. The molecule has 5 atom stereocenters. The van der Waals surface area contributed by atoms with E-state index in [1.54, 1.807) is 0 Å². The van der Waals surface area contributed by atoms with Crippen molar-refractivity contribution in [2.24, 2.45) is 0 Å². The molecule has 0 aliphatic carbocycles. The quantitative estimate of drug-likeness (QED) is 0.261. The first-order chi connectivity index (χ1) is 16.7. The highest BCUT2D eigenvalue weighted by Crippen LogP contribution is 2.43. The number of ether oxygens (including phenoxy) is 4. The van der Waals surface area contributed by atoms with Gasteiger partial charge in [-0.3, -0.25) is 4.79 Å². The van der Waals surface area contributed by atoms with E-state index in [1.165, 1.54) is 38.5 Å². The molecule has 0 bridgehead atoms. The molecule has 12 nitrogen and oxygen atoms in total. The van der Waals surface area contributed by atoms with Crippen molar-refractivity contribution in [2.75, 3.05) is 20.8 Å². The fraction of sp³-hybridized carbons (Fsp3) is 0.348. The molecular formula is C23H24O12. The minimum Gasteiger partial charge on any atom is -0.504 e. The molecule has 35 heavy (non-hydrogen) atoms. The summed E-state index contributed by atoms with van der Waals surface area (Å²) in [7, 11) is 2.50. The lowest BCUT2D eigenvalue weighted by atomic mass is 9.99. The van der Waals surface area contributed by atoms with Crippen LogP contribution in [0.25, 0.3) is 22.3 Å². The summed E-state index contributed by atoms with van der Waals surface area (Å²) in [6.07, 6.45) is -6.64. The molecule has 2 heterocycles. The molecule has 188 valence electrons. The predicted octanol–water partition coefficient (Wildman–Crippen LogP) is 0.418. The Labute approximate surface area is 197 Å². The van der Waals surface area contributed by atoms with E-state index in [0.29, 0.717) is 0 Å². The van der Waals surface area contributed by atoms with Crippen molar-refractivity contribution in [3.63, 3.8) is 0 Å². The standard InChI is InChI=1S/C23H24O12/c1-31-21-15(34-23-20(30)19(29)22(32-2)16(8-24)35-23)7-14-17(18(21)28)12(27)6-13(33-14)9-3-4-10(25)11(26)5-9/h3-7,16,19-20,22-26,28-30H,8H2,1-2H3. The smallest absolute Gasteiger partial charge is 0.229 e. The molecule has 1 aliphatic heterocycles. The molecule has 5 unspecified atom stereocenters. The lowest BCUT2D eigenvalue weighted by Gasteiger charge is -2.41. The molecule has 0 spiro atoms. The number of fused-ring (bicyclic) bond motifs is 1. The summed E-state index contributed by atoms with van der Waals surface area (Å²) >= 11 is 0. The van der Waals surface area contributed by atoms with Crippen molar-refractivity contribution in [3.05, 3.63) is 40.6 Å². The first-order valence-corrected chi connectivity index (χ1v) is 10.4. The highest BCUT2D eigenvalue weighted by Gasteiger charge is 2.46. The van der Waals surface area contributed by atoms with Gasteiger partial charge < -0.3 is 54.0 Å². The number of phenols is 3. The molecule has 1 fully saturated rings. The van der Waals surface area contributed by atoms with E-state index in [1.807, 2.05) is 0 Å². The monoisotopic (exact) mass is 492 g/mol. The minimum atomic E-state index is -1.61. The second kappa shape index (κ2) is 9.60. The summed E-state index contributed by atoms with van der Waals surface area (Å²) in [4.78, 5) is 12.8. The number of hydrogen-bond donors (Lipinski definition) is 6. The number of rotatable bonds is 6. The molecule has 12 heteroatoms. The topological polar surface area (TPSA) is 189 Å². The molecule has 1 saturated heterocycles. The zero-order valence-electron chi connectivity index (χ0n) is 18.6. The molecule has 3 aromatic rings. The summed E-state index contributed by atoms with van der Waals surface area (Å²) in [5, 5.41) is 60.2. The Bertz CT molecular complexity index is 1280. The summed E-state index contributed by atoms with van der Waals surface area (Å²) in [6, 6.07) is 6.13. The maximum absolute atomic E-state index is 12.8. The van der Waals surface area contributed by atoms with Crippen LogP contribution in [-0.2, 0) is 9.47 Å². The molecule has 0 saturated carbocycles. The van der Waals surface area contributed by atoms with E-state index in [2.05, 4.69) is 0 Å². The number of aliphatic hydroxyl groups is 3. The maximum atomic E-state index is 12.8. The predicted molar refractivity (Wildman–Crippen MR) is 119 cm³/mol. The van der Waals surface area contributed by atoms with Gasteiger partial charge in [0.2, 0.25) is 12.0 Å². The van der Waals surface area contributed by atoms with Gasteiger partial charge in [-0.05, 0) is 18.2 Å². The van der Waals surface area contributed by atoms with Crippen LogP contribution in [0.5, 0.6) is 28.7 Å². The molecular weight excluding hydrogens is 468 g/mol. The average Bonchev–Trinajstić information content (AvgIpc) is 2.83. The number of benzene rings is 2. The zero-order valence-corrected chi connectivity index (χ0v) is 18.6. The van der Waals surface area contributed by atoms with Gasteiger partial charge in [0.25, 0.3) is 0 Å². The second-order valence-corrected chi connectivity index (χ2v) is 7.83. The number of aliphatic hydroxyl groups excluding tert-OH is 3. The number of methoxy groups -OCH3 is 2. The molecule has 0 radical (unpaired) electrons. The summed E-state index contributed by atoms with van der Waals surface area (Å²) in [5.41, 5.74) is -0.501. The lowest BCUT2D eigenvalue weighted by molar-refractivity contribution is -0.282. The first kappa shape index (κ1) is 24.6. The molecule has 1 aromatic heterocycles. The van der Waals surface area contributed by atoms with Gasteiger partial charge in [-0.15, -0.1) is 0 Å². The summed E-state index contributed by atoms with van der Waals surface area (Å²) in [6.45, 7) is -0.542. The number of aromatic hydroxyl groups is 3. The van der Waals surface area contributed by atoms with Gasteiger partial charge in [0.1, 0.15) is 41.1 Å². The van der Waals surface area contributed by atoms with E-state index in [0.717, 1.165) is 6.07 Å². The summed E-state index contributed by atoms with van der Waals surface area (Å²) in [5.74, 6) is -1.84. The van der Waals surface area contributed by atoms with Crippen molar-refractivity contribution in [1.29, 1.82) is 0 Å². The van der Waals surface area contributed by atoms with Gasteiger partial charge in [-0.1, -0.05) is 0 Å². The molecule has 4 rings (SSSR count). The highest BCUT2D eigenvalue weighted by atomic mass is 16.7. The van der Waals surface area contributed by atoms with Crippen LogP contribution in [0.15, 0.2) is 39.5 Å². The van der Waals surface area contributed by atoms with Crippen LogP contribution < -0.4 is 14.9 Å². The van der Waals surface area contributed by atoms with Crippen LogP contribution in [0.3, 0.4) is 0 Å². The van der Waals surface area contributed by atoms with Crippen LogP contribution in [0.1, 0.15) is 0 Å². The Morgan fingerprint density at radius 3 is 2.37 bits per heavy atom. The van der Waals surface area contributed by atoms with Crippen LogP contribution in [0, 0.1) is 0 Å². The van der Waals surface area contributed by atoms with Gasteiger partial charge in [0, 0.05) is 24.8 Å². The second-order valence-electron chi connectivity index (χ2n) is 7.83. The lowest BCUT2D eigenvalue weighted by Crippen LogP contribution is -2.60. The summed E-state index contributed by atoms with van der Waals surface area (Å²) < 4.78 is 27.2. The Morgan fingerprint density at radius 1 is 1.00 bits per heavy atom. The van der Waals surface area contributed by atoms with E-state index >= 15 is 0 Å². The van der Waals surface area contributed by atoms with E-state index in [-0.39, 0.29) is 39.5 Å². The van der Waals surface area contributed by atoms with Crippen molar-refractivity contribution < 1.29 is 54.0 Å². The number of hydrogen-bond acceptors (Lipinski definition) is 12. The fourth-order valence-electron chi connectivity index (χ4n) is 3.93. The van der Waals surface area contributed by atoms with Gasteiger partial charge in [0.05, 0.1) is 13.7 Å². The number of phenolic OH excluding ortho intramolecular Hbond substituents is 3. The molecule has 2 aromatic carbocycles. The molecule has 6 N–H and O–H groups in total. The van der Waals surface area contributed by atoms with Crippen molar-refractivity contribution in [3.8, 4) is 40.1 Å². The van der Waals surface area contributed by atoms with Gasteiger partial charge in [-0.2, -0.15) is 0 Å². The highest BCUT2D eigenvalue weighted by molar-refractivity contribution is 5.89. The normalized spacial score (nSPS) is 24.4. The van der Waals surface area contributed by atoms with Gasteiger partial charge >= 0.3 is 0 Å². The Balaban J connectivity index is 1.79. The van der Waals surface area contributed by atoms with E-state index in [4.69, 9.17) is 23.4 Å². The Hall–Kier alpha value is -3.55. The average molecular weight is 492 g/mol. The molecule has 0 amide bonds. The maximum Gasteiger partial charge on any atom is 0.229 e. The minimum absolute atomic E-state index is 0.0148. The van der Waals surface area contributed by atoms with Crippen LogP contribution in [0.2, 0.25) is 0 Å². The first-order valence-electron chi connectivity index (χ1n) is 10.4. The zero-order chi connectivity index (χ0) is 25.4. The van der Waals surface area contributed by atoms with Crippen molar-refractivity contribution >= 4 is 11.0 Å². The fourth-order valence-corrected chi connectivity index (χ4v) is 3.93.